The Bertz CT molecular complexity index is 1360. The molecule has 0 aliphatic carbocycles. The highest BCUT2D eigenvalue weighted by molar-refractivity contribution is 6.35. The molecule has 0 saturated heterocycles. The van der Waals surface area contributed by atoms with Gasteiger partial charge in [0.05, 0.1) is 51.8 Å². The Morgan fingerprint density at radius 3 is 2.12 bits per heavy atom. The van der Waals surface area contributed by atoms with Crippen LogP contribution < -0.4 is 33.8 Å². The van der Waals surface area contributed by atoms with Crippen molar-refractivity contribution in [2.45, 2.75) is 12.8 Å². The zero-order chi connectivity index (χ0) is 29.1. The third-order valence-corrected chi connectivity index (χ3v) is 5.92. The average molecular weight is 591 g/mol. The van der Waals surface area contributed by atoms with Gasteiger partial charge in [-0.3, -0.25) is 4.79 Å². The molecular formula is C28H28Cl2N2O8. The van der Waals surface area contributed by atoms with Crippen LogP contribution in [0.15, 0.2) is 53.6 Å². The SMILES string of the molecule is COc1cc(/C=N/NC(=O)CCCOc2ccc(Cl)cc2Cl)ccc1OC(=O)c1cc(OC)c(OC)c(OC)c1. The quantitative estimate of drug-likeness (QED) is 0.0905. The molecule has 0 spiro atoms. The standard InChI is InChI=1S/C28H28Cl2N2O8/c1-35-23-12-17(16-31-32-26(33)6-5-11-39-21-10-8-19(29)15-20(21)30)7-9-22(23)40-28(34)18-13-24(36-2)27(38-4)25(14-18)37-3/h7-10,12-16H,5-6,11H2,1-4H3,(H,32,33)/b31-16+. The number of hydrogen-bond donors (Lipinski definition) is 1. The Morgan fingerprint density at radius 2 is 1.50 bits per heavy atom. The van der Waals surface area contributed by atoms with Crippen LogP contribution in [0.5, 0.6) is 34.5 Å². The Balaban J connectivity index is 1.55. The largest absolute Gasteiger partial charge is 0.493 e. The number of methoxy groups -OCH3 is 4. The summed E-state index contributed by atoms with van der Waals surface area (Å²) in [5, 5.41) is 4.88. The molecule has 0 radical (unpaired) electrons. The molecule has 212 valence electrons. The molecule has 0 aromatic heterocycles. The molecule has 0 saturated carbocycles. The molecule has 0 aliphatic rings. The summed E-state index contributed by atoms with van der Waals surface area (Å²) < 4.78 is 32.3. The maximum Gasteiger partial charge on any atom is 0.343 e. The van der Waals surface area contributed by atoms with Crippen molar-refractivity contribution in [3.8, 4) is 34.5 Å². The van der Waals surface area contributed by atoms with Crippen molar-refractivity contribution < 1.29 is 38.0 Å². The van der Waals surface area contributed by atoms with Gasteiger partial charge in [-0.15, -0.1) is 0 Å². The van der Waals surface area contributed by atoms with Crippen molar-refractivity contribution in [1.82, 2.24) is 5.43 Å². The van der Waals surface area contributed by atoms with Crippen LogP contribution in [0.25, 0.3) is 0 Å². The maximum absolute atomic E-state index is 12.8. The number of nitrogens with one attached hydrogen (secondary N) is 1. The molecule has 1 amide bonds. The van der Waals surface area contributed by atoms with Crippen LogP contribution in [0.3, 0.4) is 0 Å². The first-order valence-corrected chi connectivity index (χ1v) is 12.6. The van der Waals surface area contributed by atoms with Crippen LogP contribution in [0.1, 0.15) is 28.8 Å². The molecule has 0 unspecified atom stereocenters. The first kappa shape index (κ1) is 30.4. The van der Waals surface area contributed by atoms with Crippen molar-refractivity contribution in [3.05, 3.63) is 69.7 Å². The molecule has 0 bridgehead atoms. The van der Waals surface area contributed by atoms with Crippen LogP contribution >= 0.6 is 23.2 Å². The summed E-state index contributed by atoms with van der Waals surface area (Å²) in [4.78, 5) is 24.9. The Labute approximate surface area is 241 Å². The summed E-state index contributed by atoms with van der Waals surface area (Å²) in [5.41, 5.74) is 3.25. The lowest BCUT2D eigenvalue weighted by atomic mass is 10.1. The lowest BCUT2D eigenvalue weighted by molar-refractivity contribution is -0.121. The molecule has 3 aromatic carbocycles. The zero-order valence-corrected chi connectivity index (χ0v) is 23.8. The predicted octanol–water partition coefficient (Wildman–Crippen LogP) is 5.56. The second kappa shape index (κ2) is 14.9. The number of ether oxygens (including phenoxy) is 6. The fourth-order valence-corrected chi connectivity index (χ4v) is 3.91. The summed E-state index contributed by atoms with van der Waals surface area (Å²) in [5.74, 6) is 0.999. The van der Waals surface area contributed by atoms with E-state index in [1.54, 1.807) is 36.4 Å². The molecule has 10 nitrogen and oxygen atoms in total. The van der Waals surface area contributed by atoms with Gasteiger partial charge >= 0.3 is 5.97 Å². The van der Waals surface area contributed by atoms with Gasteiger partial charge in [0.2, 0.25) is 11.7 Å². The van der Waals surface area contributed by atoms with Gasteiger partial charge in [0.25, 0.3) is 0 Å². The second-order valence-corrected chi connectivity index (χ2v) is 8.88. The first-order valence-electron chi connectivity index (χ1n) is 11.9. The minimum Gasteiger partial charge on any atom is -0.493 e. The van der Waals surface area contributed by atoms with E-state index < -0.39 is 5.97 Å². The van der Waals surface area contributed by atoms with E-state index in [4.69, 9.17) is 51.6 Å². The molecular weight excluding hydrogens is 563 g/mol. The highest BCUT2D eigenvalue weighted by Gasteiger charge is 2.19. The fourth-order valence-electron chi connectivity index (χ4n) is 3.45. The van der Waals surface area contributed by atoms with E-state index in [0.717, 1.165) is 0 Å². The molecule has 1 N–H and O–H groups in total. The Kier molecular flexibility index (Phi) is 11.3. The molecule has 0 atom stereocenters. The van der Waals surface area contributed by atoms with E-state index in [9.17, 15) is 9.59 Å². The maximum atomic E-state index is 12.8. The fraction of sp³-hybridized carbons (Fsp3) is 0.250. The lowest BCUT2D eigenvalue weighted by Gasteiger charge is -2.14. The molecule has 40 heavy (non-hydrogen) atoms. The van der Waals surface area contributed by atoms with Gasteiger partial charge in [-0.1, -0.05) is 23.2 Å². The average Bonchev–Trinajstić information content (AvgIpc) is 2.95. The predicted molar refractivity (Wildman–Crippen MR) is 151 cm³/mol. The van der Waals surface area contributed by atoms with Crippen molar-refractivity contribution in [1.29, 1.82) is 0 Å². The summed E-state index contributed by atoms with van der Waals surface area (Å²) in [6, 6.07) is 12.7. The molecule has 0 heterocycles. The van der Waals surface area contributed by atoms with Gasteiger partial charge in [-0.25, -0.2) is 10.2 Å². The number of benzene rings is 3. The van der Waals surface area contributed by atoms with Crippen molar-refractivity contribution in [3.63, 3.8) is 0 Å². The van der Waals surface area contributed by atoms with Crippen molar-refractivity contribution in [2.24, 2.45) is 5.10 Å². The smallest absolute Gasteiger partial charge is 0.343 e. The molecule has 0 aliphatic heterocycles. The molecule has 3 rings (SSSR count). The lowest BCUT2D eigenvalue weighted by Crippen LogP contribution is -2.18. The minimum absolute atomic E-state index is 0.184. The monoisotopic (exact) mass is 590 g/mol. The van der Waals surface area contributed by atoms with Crippen LogP contribution in [0.2, 0.25) is 10.0 Å². The van der Waals surface area contributed by atoms with Crippen molar-refractivity contribution in [2.75, 3.05) is 35.0 Å². The second-order valence-electron chi connectivity index (χ2n) is 8.03. The third-order valence-electron chi connectivity index (χ3n) is 5.39. The van der Waals surface area contributed by atoms with Crippen LogP contribution in [0.4, 0.5) is 0 Å². The zero-order valence-electron chi connectivity index (χ0n) is 22.3. The summed E-state index contributed by atoms with van der Waals surface area (Å²) in [6.07, 6.45) is 2.09. The van der Waals surface area contributed by atoms with Gasteiger partial charge in [0.1, 0.15) is 5.75 Å². The number of rotatable bonds is 13. The van der Waals surface area contributed by atoms with E-state index in [2.05, 4.69) is 10.5 Å². The topological polar surface area (TPSA) is 114 Å². The third kappa shape index (κ3) is 8.17. The Morgan fingerprint density at radius 1 is 0.825 bits per heavy atom. The molecule has 3 aromatic rings. The van der Waals surface area contributed by atoms with E-state index in [1.807, 2.05) is 0 Å². The van der Waals surface area contributed by atoms with Gasteiger partial charge in [-0.2, -0.15) is 5.10 Å². The summed E-state index contributed by atoms with van der Waals surface area (Å²) in [6.45, 7) is 0.298. The van der Waals surface area contributed by atoms with Gasteiger partial charge in [0.15, 0.2) is 23.0 Å². The summed E-state index contributed by atoms with van der Waals surface area (Å²) >= 11 is 11.9. The number of hydrazone groups is 1. The number of nitrogens with zero attached hydrogens (tertiary/aromatic N) is 1. The molecule has 0 fully saturated rings. The normalized spacial score (nSPS) is 10.7. The Hall–Kier alpha value is -4.15. The van der Waals surface area contributed by atoms with Crippen LogP contribution in [-0.2, 0) is 4.79 Å². The minimum atomic E-state index is -0.659. The number of halogens is 2. The van der Waals surface area contributed by atoms with Gasteiger partial charge in [0, 0.05) is 11.4 Å². The van der Waals surface area contributed by atoms with Crippen LogP contribution in [-0.4, -0.2) is 53.1 Å². The van der Waals surface area contributed by atoms with Gasteiger partial charge < -0.3 is 28.4 Å². The van der Waals surface area contributed by atoms with Crippen molar-refractivity contribution >= 4 is 41.3 Å². The number of hydrogen-bond acceptors (Lipinski definition) is 9. The summed E-state index contributed by atoms with van der Waals surface area (Å²) in [7, 11) is 5.81. The first-order chi connectivity index (χ1) is 19.3. The number of amides is 1. The number of esters is 1. The number of carbonyl (C=O) groups excluding carboxylic acids is 2. The molecule has 12 heteroatoms. The van der Waals surface area contributed by atoms with Gasteiger partial charge in [-0.05, 0) is 60.5 Å². The van der Waals surface area contributed by atoms with E-state index in [1.165, 1.54) is 46.8 Å². The highest BCUT2D eigenvalue weighted by atomic mass is 35.5. The van der Waals surface area contributed by atoms with E-state index in [-0.39, 0.29) is 29.4 Å². The number of carbonyl (C=O) groups is 2. The van der Waals surface area contributed by atoms with E-state index in [0.29, 0.717) is 51.6 Å². The highest BCUT2D eigenvalue weighted by Crippen LogP contribution is 2.39. The van der Waals surface area contributed by atoms with E-state index >= 15 is 0 Å². The van der Waals surface area contributed by atoms with Crippen LogP contribution in [0, 0.1) is 0 Å².